The highest BCUT2D eigenvalue weighted by molar-refractivity contribution is 9.10. The van der Waals surface area contributed by atoms with Gasteiger partial charge in [0.25, 0.3) is 0 Å². The lowest BCUT2D eigenvalue weighted by Crippen LogP contribution is -2.33. The molecule has 2 N–H and O–H groups in total. The van der Waals surface area contributed by atoms with E-state index in [1.165, 1.54) is 5.56 Å². The molecule has 1 aliphatic rings. The molecule has 72 valence electrons. The first kappa shape index (κ1) is 10.8. The minimum Gasteiger partial charge on any atom is -0.492 e. The molecule has 1 atom stereocenters. The molecule has 2 nitrogen and oxygen atoms in total. The molecular formula is C9H11BrClNO. The molecule has 1 aromatic carbocycles. The minimum atomic E-state index is 0. The fourth-order valence-corrected chi connectivity index (χ4v) is 1.71. The SMILES string of the molecule is Cl.NC1COc2cc(Br)ccc2C1. The van der Waals surface area contributed by atoms with Gasteiger partial charge in [0.05, 0.1) is 0 Å². The summed E-state index contributed by atoms with van der Waals surface area (Å²) < 4.78 is 6.51. The van der Waals surface area contributed by atoms with Crippen LogP contribution in [-0.2, 0) is 6.42 Å². The van der Waals surface area contributed by atoms with E-state index < -0.39 is 0 Å². The van der Waals surface area contributed by atoms with Crippen LogP contribution in [0, 0.1) is 0 Å². The van der Waals surface area contributed by atoms with Gasteiger partial charge in [-0.15, -0.1) is 12.4 Å². The highest BCUT2D eigenvalue weighted by atomic mass is 79.9. The fourth-order valence-electron chi connectivity index (χ4n) is 1.37. The van der Waals surface area contributed by atoms with Crippen molar-refractivity contribution >= 4 is 28.3 Å². The van der Waals surface area contributed by atoms with Gasteiger partial charge in [-0.2, -0.15) is 0 Å². The third-order valence-corrected chi connectivity index (χ3v) is 2.46. The minimum absolute atomic E-state index is 0. The maximum absolute atomic E-state index is 5.75. The van der Waals surface area contributed by atoms with Gasteiger partial charge in [0.2, 0.25) is 0 Å². The van der Waals surface area contributed by atoms with Crippen LogP contribution in [0.4, 0.5) is 0 Å². The normalized spacial score (nSPS) is 19.7. The van der Waals surface area contributed by atoms with Crippen LogP contribution >= 0.6 is 28.3 Å². The molecule has 0 saturated carbocycles. The molecule has 1 heterocycles. The van der Waals surface area contributed by atoms with Gasteiger partial charge in [-0.05, 0) is 24.1 Å². The van der Waals surface area contributed by atoms with Crippen molar-refractivity contribution in [3.05, 3.63) is 28.2 Å². The number of hydrogen-bond acceptors (Lipinski definition) is 2. The lowest BCUT2D eigenvalue weighted by Gasteiger charge is -2.22. The molecule has 0 spiro atoms. The summed E-state index contributed by atoms with van der Waals surface area (Å²) in [5, 5.41) is 0. The van der Waals surface area contributed by atoms with E-state index >= 15 is 0 Å². The smallest absolute Gasteiger partial charge is 0.123 e. The van der Waals surface area contributed by atoms with Crippen LogP contribution in [0.5, 0.6) is 5.75 Å². The first-order valence-corrected chi connectivity index (χ1v) is 4.72. The van der Waals surface area contributed by atoms with Gasteiger partial charge in [0, 0.05) is 10.5 Å². The van der Waals surface area contributed by atoms with E-state index in [0.29, 0.717) is 6.61 Å². The zero-order valence-corrected chi connectivity index (χ0v) is 9.40. The van der Waals surface area contributed by atoms with E-state index in [9.17, 15) is 0 Å². The van der Waals surface area contributed by atoms with Crippen molar-refractivity contribution < 1.29 is 4.74 Å². The largest absolute Gasteiger partial charge is 0.492 e. The summed E-state index contributed by atoms with van der Waals surface area (Å²) in [6.45, 7) is 0.628. The Hall–Kier alpha value is -0.250. The van der Waals surface area contributed by atoms with Crippen LogP contribution in [0.2, 0.25) is 0 Å². The number of halogens is 2. The van der Waals surface area contributed by atoms with Gasteiger partial charge in [0.1, 0.15) is 12.4 Å². The summed E-state index contributed by atoms with van der Waals surface area (Å²) >= 11 is 3.39. The van der Waals surface area contributed by atoms with Crippen molar-refractivity contribution in [1.82, 2.24) is 0 Å². The molecule has 0 saturated heterocycles. The van der Waals surface area contributed by atoms with Crippen LogP contribution in [0.15, 0.2) is 22.7 Å². The maximum atomic E-state index is 5.75. The van der Waals surface area contributed by atoms with Gasteiger partial charge in [0.15, 0.2) is 0 Å². The number of fused-ring (bicyclic) bond motifs is 1. The topological polar surface area (TPSA) is 35.2 Å². The Morgan fingerprint density at radius 1 is 1.46 bits per heavy atom. The van der Waals surface area contributed by atoms with Gasteiger partial charge < -0.3 is 10.5 Å². The summed E-state index contributed by atoms with van der Waals surface area (Å²) in [6.07, 6.45) is 0.919. The second kappa shape index (κ2) is 4.31. The van der Waals surface area contributed by atoms with Gasteiger partial charge >= 0.3 is 0 Å². The zero-order chi connectivity index (χ0) is 8.55. The molecule has 13 heavy (non-hydrogen) atoms. The molecule has 1 unspecified atom stereocenters. The van der Waals surface area contributed by atoms with Gasteiger partial charge in [-0.25, -0.2) is 0 Å². The second-order valence-electron chi connectivity index (χ2n) is 3.03. The predicted octanol–water partition coefficient (Wildman–Crippen LogP) is 2.13. The van der Waals surface area contributed by atoms with Crippen LogP contribution in [0.1, 0.15) is 5.56 Å². The molecule has 4 heteroatoms. The summed E-state index contributed by atoms with van der Waals surface area (Å²) in [4.78, 5) is 0. The Labute approximate surface area is 92.0 Å². The number of benzene rings is 1. The summed E-state index contributed by atoms with van der Waals surface area (Å²) in [7, 11) is 0. The third-order valence-electron chi connectivity index (χ3n) is 1.96. The van der Waals surface area contributed by atoms with E-state index in [2.05, 4.69) is 22.0 Å². The Kier molecular flexibility index (Phi) is 3.59. The van der Waals surface area contributed by atoms with Gasteiger partial charge in [-0.1, -0.05) is 22.0 Å². The van der Waals surface area contributed by atoms with Gasteiger partial charge in [-0.3, -0.25) is 0 Å². The molecule has 0 aromatic heterocycles. The summed E-state index contributed by atoms with van der Waals surface area (Å²) in [5.74, 6) is 0.964. The molecule has 0 radical (unpaired) electrons. The fraction of sp³-hybridized carbons (Fsp3) is 0.333. The Balaban J connectivity index is 0.000000845. The molecule has 0 bridgehead atoms. The number of rotatable bonds is 0. The molecule has 2 rings (SSSR count). The average molecular weight is 265 g/mol. The van der Waals surface area contributed by atoms with Crippen molar-refractivity contribution in [3.8, 4) is 5.75 Å². The number of ether oxygens (including phenoxy) is 1. The van der Waals surface area contributed by atoms with Crippen LogP contribution in [-0.4, -0.2) is 12.6 Å². The van der Waals surface area contributed by atoms with Crippen LogP contribution in [0.3, 0.4) is 0 Å². The van der Waals surface area contributed by atoms with E-state index in [4.69, 9.17) is 10.5 Å². The van der Waals surface area contributed by atoms with E-state index in [-0.39, 0.29) is 18.4 Å². The lowest BCUT2D eigenvalue weighted by molar-refractivity contribution is 0.263. The first-order chi connectivity index (χ1) is 5.75. The highest BCUT2D eigenvalue weighted by Gasteiger charge is 2.15. The van der Waals surface area contributed by atoms with Crippen molar-refractivity contribution in [2.75, 3.05) is 6.61 Å². The molecule has 0 aliphatic carbocycles. The van der Waals surface area contributed by atoms with Crippen molar-refractivity contribution in [2.24, 2.45) is 5.73 Å². The molecule has 0 fully saturated rings. The second-order valence-corrected chi connectivity index (χ2v) is 3.94. The third kappa shape index (κ3) is 2.36. The Bertz CT molecular complexity index is 306. The molecular weight excluding hydrogens is 253 g/mol. The quantitative estimate of drug-likeness (QED) is 0.779. The Morgan fingerprint density at radius 2 is 2.23 bits per heavy atom. The summed E-state index contributed by atoms with van der Waals surface area (Å²) in [5.41, 5.74) is 6.96. The number of nitrogens with two attached hydrogens (primary N) is 1. The van der Waals surface area contributed by atoms with E-state index in [1.807, 2.05) is 12.1 Å². The average Bonchev–Trinajstić information content (AvgIpc) is 2.05. The van der Waals surface area contributed by atoms with Crippen molar-refractivity contribution in [1.29, 1.82) is 0 Å². The molecule has 1 aromatic rings. The van der Waals surface area contributed by atoms with Crippen LogP contribution in [0.25, 0.3) is 0 Å². The summed E-state index contributed by atoms with van der Waals surface area (Å²) in [6, 6.07) is 6.21. The standard InChI is InChI=1S/C9H10BrNO.ClH/c10-7-2-1-6-3-8(11)5-12-9(6)4-7;/h1-2,4,8H,3,5,11H2;1H. The van der Waals surface area contributed by atoms with Crippen molar-refractivity contribution in [2.45, 2.75) is 12.5 Å². The van der Waals surface area contributed by atoms with E-state index in [0.717, 1.165) is 16.6 Å². The van der Waals surface area contributed by atoms with Crippen LogP contribution < -0.4 is 10.5 Å². The maximum Gasteiger partial charge on any atom is 0.123 e. The predicted molar refractivity (Wildman–Crippen MR) is 58.6 cm³/mol. The van der Waals surface area contributed by atoms with E-state index in [1.54, 1.807) is 0 Å². The molecule has 0 amide bonds. The monoisotopic (exact) mass is 263 g/mol. The Morgan fingerprint density at radius 3 is 3.00 bits per heavy atom. The zero-order valence-electron chi connectivity index (χ0n) is 7.00. The highest BCUT2D eigenvalue weighted by Crippen LogP contribution is 2.27. The van der Waals surface area contributed by atoms with Crippen molar-refractivity contribution in [3.63, 3.8) is 0 Å². The lowest BCUT2D eigenvalue weighted by atomic mass is 10.0. The first-order valence-electron chi connectivity index (χ1n) is 3.92. The molecule has 1 aliphatic heterocycles. The number of hydrogen-bond donors (Lipinski definition) is 1.